The average Bonchev–Trinajstić information content (AvgIpc) is 2.98. The molecule has 8 heteroatoms. The van der Waals surface area contributed by atoms with E-state index in [1.807, 2.05) is 6.92 Å². The van der Waals surface area contributed by atoms with Crippen molar-refractivity contribution in [1.82, 2.24) is 4.90 Å². The molecule has 2 heterocycles. The van der Waals surface area contributed by atoms with Crippen LogP contribution in [0.1, 0.15) is 19.8 Å². The minimum absolute atomic E-state index is 0.0465. The molecule has 23 heavy (non-hydrogen) atoms. The second kappa shape index (κ2) is 5.99. The quantitative estimate of drug-likeness (QED) is 0.914. The van der Waals surface area contributed by atoms with Gasteiger partial charge in [-0.2, -0.15) is 8.78 Å². The van der Waals surface area contributed by atoms with E-state index in [-0.39, 0.29) is 28.1 Å². The van der Waals surface area contributed by atoms with Crippen molar-refractivity contribution in [3.63, 3.8) is 0 Å². The Morgan fingerprint density at radius 3 is 2.96 bits per heavy atom. The van der Waals surface area contributed by atoms with E-state index in [0.717, 1.165) is 0 Å². The van der Waals surface area contributed by atoms with Crippen molar-refractivity contribution < 1.29 is 23.1 Å². The Balaban J connectivity index is 1.77. The van der Waals surface area contributed by atoms with Crippen molar-refractivity contribution in [2.75, 3.05) is 11.1 Å². The van der Waals surface area contributed by atoms with Gasteiger partial charge in [-0.15, -0.1) is 11.8 Å². The number of thioether (sulfide) groups is 1. The molecule has 0 aliphatic carbocycles. The molecule has 0 aromatic heterocycles. The fourth-order valence-corrected chi connectivity index (χ4v) is 4.43. The molecule has 2 atom stereocenters. The number of amides is 2. The predicted molar refractivity (Wildman–Crippen MR) is 82.4 cm³/mol. The van der Waals surface area contributed by atoms with Gasteiger partial charge in [0, 0.05) is 12.2 Å². The fraction of sp³-hybridized carbons (Fsp3) is 0.467. The first-order valence-electron chi connectivity index (χ1n) is 7.21. The molecule has 5 nitrogen and oxygen atoms in total. The molecule has 0 saturated carbocycles. The molecule has 2 fully saturated rings. The van der Waals surface area contributed by atoms with Gasteiger partial charge in [-0.05, 0) is 25.5 Å². The van der Waals surface area contributed by atoms with Gasteiger partial charge in [0.2, 0.25) is 11.8 Å². The standard InChI is InChI=1S/C15H16F2N2O3S/c1-15-7-6-12(20)19(15)10(8-23-15)13(21)18-9-4-2-3-5-11(9)22-14(16)17/h2-5,10,14H,6-8H2,1H3,(H,18,21)/t10-,15+/m1/s1. The molecule has 0 unspecified atom stereocenters. The first kappa shape index (κ1) is 16.0. The zero-order valence-corrected chi connectivity index (χ0v) is 13.2. The van der Waals surface area contributed by atoms with E-state index in [4.69, 9.17) is 0 Å². The number of ether oxygens (including phenoxy) is 1. The number of nitrogens with one attached hydrogen (secondary N) is 1. The average molecular weight is 342 g/mol. The van der Waals surface area contributed by atoms with Crippen LogP contribution in [0.4, 0.5) is 14.5 Å². The summed E-state index contributed by atoms with van der Waals surface area (Å²) in [6.07, 6.45) is 1.14. The summed E-state index contributed by atoms with van der Waals surface area (Å²) in [4.78, 5) is 25.8. The number of anilines is 1. The first-order chi connectivity index (χ1) is 10.9. The van der Waals surface area contributed by atoms with E-state index >= 15 is 0 Å². The molecule has 0 radical (unpaired) electrons. The summed E-state index contributed by atoms with van der Waals surface area (Å²) < 4.78 is 29.3. The Kier molecular flexibility index (Phi) is 4.18. The smallest absolute Gasteiger partial charge is 0.387 e. The van der Waals surface area contributed by atoms with Crippen LogP contribution in [0.2, 0.25) is 0 Å². The summed E-state index contributed by atoms with van der Waals surface area (Å²) >= 11 is 1.57. The van der Waals surface area contributed by atoms with Crippen LogP contribution in [0.15, 0.2) is 24.3 Å². The number of rotatable bonds is 4. The number of benzene rings is 1. The van der Waals surface area contributed by atoms with E-state index in [1.165, 1.54) is 12.1 Å². The number of carbonyl (C=O) groups excluding carboxylic acids is 2. The number of para-hydroxylation sites is 2. The van der Waals surface area contributed by atoms with E-state index in [1.54, 1.807) is 28.8 Å². The van der Waals surface area contributed by atoms with Gasteiger partial charge in [-0.3, -0.25) is 9.59 Å². The van der Waals surface area contributed by atoms with E-state index in [9.17, 15) is 18.4 Å². The number of carbonyl (C=O) groups is 2. The van der Waals surface area contributed by atoms with Crippen LogP contribution >= 0.6 is 11.8 Å². The SMILES string of the molecule is C[C@]12CCC(=O)N1[C@@H](C(=O)Nc1ccccc1OC(F)F)CS2. The minimum atomic E-state index is -2.97. The highest BCUT2D eigenvalue weighted by Crippen LogP contribution is 2.47. The van der Waals surface area contributed by atoms with Gasteiger partial charge in [-0.1, -0.05) is 12.1 Å². The maximum absolute atomic E-state index is 12.5. The lowest BCUT2D eigenvalue weighted by Crippen LogP contribution is -2.48. The van der Waals surface area contributed by atoms with E-state index in [0.29, 0.717) is 18.6 Å². The maximum Gasteiger partial charge on any atom is 0.387 e. The third-order valence-corrected chi connectivity index (χ3v) is 5.61. The molecule has 2 aliphatic heterocycles. The summed E-state index contributed by atoms with van der Waals surface area (Å²) in [6.45, 7) is -1.03. The summed E-state index contributed by atoms with van der Waals surface area (Å²) in [7, 11) is 0. The Labute approximate surface area is 136 Å². The maximum atomic E-state index is 12.5. The lowest BCUT2D eigenvalue weighted by molar-refractivity contribution is -0.135. The van der Waals surface area contributed by atoms with Crippen molar-refractivity contribution in [1.29, 1.82) is 0 Å². The minimum Gasteiger partial charge on any atom is -0.433 e. The van der Waals surface area contributed by atoms with Crippen LogP contribution < -0.4 is 10.1 Å². The fourth-order valence-electron chi connectivity index (χ4n) is 3.00. The highest BCUT2D eigenvalue weighted by molar-refractivity contribution is 8.01. The largest absolute Gasteiger partial charge is 0.433 e. The number of nitrogens with zero attached hydrogens (tertiary/aromatic N) is 1. The van der Waals surface area contributed by atoms with Crippen LogP contribution in [-0.2, 0) is 9.59 Å². The van der Waals surface area contributed by atoms with Gasteiger partial charge in [0.1, 0.15) is 11.8 Å². The van der Waals surface area contributed by atoms with E-state index in [2.05, 4.69) is 10.1 Å². The molecule has 1 aromatic rings. The van der Waals surface area contributed by atoms with Gasteiger partial charge in [0.15, 0.2) is 0 Å². The molecular formula is C15H16F2N2O3S. The molecule has 3 rings (SSSR count). The lowest BCUT2D eigenvalue weighted by atomic mass is 10.2. The Bertz CT molecular complexity index is 643. The second-order valence-corrected chi connectivity index (χ2v) is 7.13. The Hall–Kier alpha value is -1.83. The Morgan fingerprint density at radius 1 is 1.48 bits per heavy atom. The van der Waals surface area contributed by atoms with Gasteiger partial charge < -0.3 is 15.0 Å². The third kappa shape index (κ3) is 2.99. The summed E-state index contributed by atoms with van der Waals surface area (Å²) in [5.74, 6) is -0.0417. The normalized spacial score (nSPS) is 26.5. The van der Waals surface area contributed by atoms with Crippen molar-refractivity contribution in [2.45, 2.75) is 37.3 Å². The van der Waals surface area contributed by atoms with Crippen LogP contribution in [-0.4, -0.2) is 40.0 Å². The molecule has 0 spiro atoms. The number of alkyl halides is 2. The molecule has 2 amide bonds. The van der Waals surface area contributed by atoms with Gasteiger partial charge in [0.25, 0.3) is 0 Å². The summed E-state index contributed by atoms with van der Waals surface area (Å²) in [5.41, 5.74) is 0.169. The molecule has 1 N–H and O–H groups in total. The first-order valence-corrected chi connectivity index (χ1v) is 8.20. The zero-order valence-electron chi connectivity index (χ0n) is 12.4. The Morgan fingerprint density at radius 2 is 2.22 bits per heavy atom. The molecule has 2 aliphatic rings. The predicted octanol–water partition coefficient (Wildman–Crippen LogP) is 2.68. The van der Waals surface area contributed by atoms with Crippen LogP contribution in [0.5, 0.6) is 5.75 Å². The zero-order chi connectivity index (χ0) is 16.6. The molecule has 1 aromatic carbocycles. The van der Waals surface area contributed by atoms with E-state index < -0.39 is 12.7 Å². The van der Waals surface area contributed by atoms with Crippen LogP contribution in [0, 0.1) is 0 Å². The monoisotopic (exact) mass is 342 g/mol. The topological polar surface area (TPSA) is 58.6 Å². The van der Waals surface area contributed by atoms with Crippen molar-refractivity contribution in [3.8, 4) is 5.75 Å². The van der Waals surface area contributed by atoms with Gasteiger partial charge in [0.05, 0.1) is 10.6 Å². The van der Waals surface area contributed by atoms with Gasteiger partial charge >= 0.3 is 6.61 Å². The molecular weight excluding hydrogens is 326 g/mol. The molecule has 0 bridgehead atoms. The number of halogens is 2. The summed E-state index contributed by atoms with van der Waals surface area (Å²) in [5, 5.41) is 2.60. The highest BCUT2D eigenvalue weighted by Gasteiger charge is 2.52. The van der Waals surface area contributed by atoms with Crippen molar-refractivity contribution in [3.05, 3.63) is 24.3 Å². The lowest BCUT2D eigenvalue weighted by Gasteiger charge is -2.30. The molecule has 2 saturated heterocycles. The van der Waals surface area contributed by atoms with Gasteiger partial charge in [-0.25, -0.2) is 0 Å². The van der Waals surface area contributed by atoms with Crippen molar-refractivity contribution >= 4 is 29.3 Å². The summed E-state index contributed by atoms with van der Waals surface area (Å²) in [6, 6.07) is 5.40. The number of hydrogen-bond donors (Lipinski definition) is 1. The highest BCUT2D eigenvalue weighted by atomic mass is 32.2. The second-order valence-electron chi connectivity index (χ2n) is 5.63. The van der Waals surface area contributed by atoms with Crippen LogP contribution in [0.25, 0.3) is 0 Å². The van der Waals surface area contributed by atoms with Crippen LogP contribution in [0.3, 0.4) is 0 Å². The molecule has 124 valence electrons. The van der Waals surface area contributed by atoms with Crippen molar-refractivity contribution in [2.24, 2.45) is 0 Å². The number of fused-ring (bicyclic) bond motifs is 1. The number of hydrogen-bond acceptors (Lipinski definition) is 4. The third-order valence-electron chi connectivity index (χ3n) is 4.11.